The average Bonchev–Trinajstić information content (AvgIpc) is 3.69. The molecule has 244 valence electrons. The first-order chi connectivity index (χ1) is 23.6. The van der Waals surface area contributed by atoms with Gasteiger partial charge in [-0.05, 0) is 27.8 Å². The van der Waals surface area contributed by atoms with E-state index in [1.807, 2.05) is 152 Å². The molecule has 0 fully saturated rings. The summed E-state index contributed by atoms with van der Waals surface area (Å²) in [5, 5.41) is 24.0. The van der Waals surface area contributed by atoms with Crippen molar-refractivity contribution in [2.45, 2.75) is 43.2 Å². The minimum absolute atomic E-state index is 0.162. The Morgan fingerprint density at radius 2 is 1.02 bits per heavy atom. The van der Waals surface area contributed by atoms with Gasteiger partial charge in [0.05, 0.1) is 38.0 Å². The maximum Gasteiger partial charge on any atom is 0.143 e. The van der Waals surface area contributed by atoms with E-state index in [-0.39, 0.29) is 19.8 Å². The fourth-order valence-electron chi connectivity index (χ4n) is 6.00. The molecule has 0 unspecified atom stereocenters. The largest absolute Gasteiger partial charge is 0.388 e. The molecular weight excluding hydrogens is 600 g/mol. The Bertz CT molecular complexity index is 1660. The minimum atomic E-state index is -1.30. The number of aromatic nitrogens is 2. The van der Waals surface area contributed by atoms with Crippen molar-refractivity contribution >= 4 is 0 Å². The molecule has 5 aromatic carbocycles. The zero-order chi connectivity index (χ0) is 33.0. The van der Waals surface area contributed by atoms with E-state index in [1.165, 1.54) is 6.33 Å². The van der Waals surface area contributed by atoms with Gasteiger partial charge in [-0.3, -0.25) is 0 Å². The molecule has 0 aliphatic heterocycles. The van der Waals surface area contributed by atoms with Crippen molar-refractivity contribution in [2.24, 2.45) is 0 Å². The quantitative estimate of drug-likeness (QED) is 0.0988. The van der Waals surface area contributed by atoms with Crippen LogP contribution in [0.5, 0.6) is 0 Å². The second-order valence-electron chi connectivity index (χ2n) is 11.6. The van der Waals surface area contributed by atoms with Crippen LogP contribution < -0.4 is 0 Å². The van der Waals surface area contributed by atoms with Crippen molar-refractivity contribution in [3.05, 3.63) is 198 Å². The Labute approximate surface area is 281 Å². The number of H-pyrrole nitrogens is 1. The van der Waals surface area contributed by atoms with Gasteiger partial charge in [-0.15, -0.1) is 0 Å². The highest BCUT2D eigenvalue weighted by atomic mass is 16.5. The zero-order valence-corrected chi connectivity index (χ0v) is 26.6. The molecular formula is C41H40N2O5. The number of benzene rings is 5. The first-order valence-corrected chi connectivity index (χ1v) is 16.1. The van der Waals surface area contributed by atoms with E-state index in [0.29, 0.717) is 5.69 Å². The molecule has 7 nitrogen and oxygen atoms in total. The lowest BCUT2D eigenvalue weighted by Gasteiger charge is -2.38. The molecule has 0 bridgehead atoms. The highest BCUT2D eigenvalue weighted by Crippen LogP contribution is 2.41. The van der Waals surface area contributed by atoms with Crippen LogP contribution in [0.25, 0.3) is 0 Å². The van der Waals surface area contributed by atoms with E-state index in [0.717, 1.165) is 27.8 Å². The van der Waals surface area contributed by atoms with Crippen LogP contribution in [0.4, 0.5) is 0 Å². The van der Waals surface area contributed by atoms with Gasteiger partial charge in [0, 0.05) is 0 Å². The predicted molar refractivity (Wildman–Crippen MR) is 185 cm³/mol. The van der Waals surface area contributed by atoms with Crippen molar-refractivity contribution in [3.63, 3.8) is 0 Å². The lowest BCUT2D eigenvalue weighted by molar-refractivity contribution is -0.174. The lowest BCUT2D eigenvalue weighted by Crippen LogP contribution is -2.47. The Balaban J connectivity index is 1.34. The highest BCUT2D eigenvalue weighted by Gasteiger charge is 2.41. The van der Waals surface area contributed by atoms with E-state index in [9.17, 15) is 10.2 Å². The van der Waals surface area contributed by atoms with E-state index in [2.05, 4.69) is 9.97 Å². The normalized spacial score (nSPS) is 14.2. The Kier molecular flexibility index (Phi) is 11.2. The van der Waals surface area contributed by atoms with Gasteiger partial charge in [-0.1, -0.05) is 152 Å². The second kappa shape index (κ2) is 16.3. The molecule has 0 amide bonds. The summed E-state index contributed by atoms with van der Waals surface area (Å²) in [5.74, 6) is 0. The van der Waals surface area contributed by atoms with Gasteiger partial charge in [-0.2, -0.15) is 0 Å². The number of aliphatic hydroxyl groups excluding tert-OH is 2. The number of aliphatic hydroxyl groups is 2. The van der Waals surface area contributed by atoms with Gasteiger partial charge in [0.1, 0.15) is 30.0 Å². The van der Waals surface area contributed by atoms with Crippen LogP contribution in [0.3, 0.4) is 0 Å². The highest BCUT2D eigenvalue weighted by molar-refractivity contribution is 5.47. The number of imidazole rings is 1. The smallest absolute Gasteiger partial charge is 0.143 e. The van der Waals surface area contributed by atoms with E-state index in [4.69, 9.17) is 14.2 Å². The van der Waals surface area contributed by atoms with Crippen molar-refractivity contribution in [1.29, 1.82) is 0 Å². The van der Waals surface area contributed by atoms with Crippen molar-refractivity contribution in [1.82, 2.24) is 9.97 Å². The summed E-state index contributed by atoms with van der Waals surface area (Å²) >= 11 is 0. The number of ether oxygens (including phenoxy) is 3. The number of nitrogens with zero attached hydrogens (tertiary/aromatic N) is 1. The lowest BCUT2D eigenvalue weighted by atomic mass is 9.80. The summed E-state index contributed by atoms with van der Waals surface area (Å²) in [6.07, 6.45) is -1.39. The number of hydrogen-bond donors (Lipinski definition) is 3. The Hall–Kier alpha value is -4.89. The Morgan fingerprint density at radius 3 is 1.46 bits per heavy atom. The van der Waals surface area contributed by atoms with E-state index in [1.54, 1.807) is 6.20 Å². The topological polar surface area (TPSA) is 96.8 Å². The summed E-state index contributed by atoms with van der Waals surface area (Å²) in [5.41, 5.74) is 4.05. The maximum absolute atomic E-state index is 12.0. The number of hydrogen-bond acceptors (Lipinski definition) is 6. The summed E-state index contributed by atoms with van der Waals surface area (Å²) in [7, 11) is 0. The first-order valence-electron chi connectivity index (χ1n) is 16.1. The molecule has 0 radical (unpaired) electrons. The minimum Gasteiger partial charge on any atom is -0.388 e. The molecule has 0 aliphatic carbocycles. The third-order valence-electron chi connectivity index (χ3n) is 8.42. The van der Waals surface area contributed by atoms with Gasteiger partial charge in [0.15, 0.2) is 0 Å². The average molecular weight is 641 g/mol. The summed E-state index contributed by atoms with van der Waals surface area (Å²) < 4.78 is 19.6. The number of aromatic amines is 1. The molecule has 0 saturated carbocycles. The van der Waals surface area contributed by atoms with Gasteiger partial charge in [0.25, 0.3) is 0 Å². The first kappa shape index (κ1) is 33.0. The van der Waals surface area contributed by atoms with Crippen LogP contribution in [0.15, 0.2) is 164 Å². The summed E-state index contributed by atoms with van der Waals surface area (Å²) in [6, 6.07) is 49.3. The SMILES string of the molecule is O[C@@H]([C@H](OCc1ccccc1)[C@@H](O)COC(c1ccccc1)(c1ccccc1)c1ccccc1)[C@@H](OCc1ccccc1)c1cnc[nH]1. The molecule has 48 heavy (non-hydrogen) atoms. The molecule has 4 atom stereocenters. The number of rotatable bonds is 16. The van der Waals surface area contributed by atoms with Crippen molar-refractivity contribution in [3.8, 4) is 0 Å². The van der Waals surface area contributed by atoms with Crippen LogP contribution in [0.1, 0.15) is 39.6 Å². The summed E-state index contributed by atoms with van der Waals surface area (Å²) in [4.78, 5) is 7.25. The van der Waals surface area contributed by atoms with Crippen LogP contribution in [0.2, 0.25) is 0 Å². The van der Waals surface area contributed by atoms with E-state index < -0.39 is 30.0 Å². The Morgan fingerprint density at radius 1 is 0.583 bits per heavy atom. The third kappa shape index (κ3) is 7.80. The molecule has 1 heterocycles. The molecule has 6 rings (SSSR count). The van der Waals surface area contributed by atoms with Crippen molar-refractivity contribution < 1.29 is 24.4 Å². The molecule has 0 spiro atoms. The van der Waals surface area contributed by atoms with Crippen LogP contribution in [0, 0.1) is 0 Å². The van der Waals surface area contributed by atoms with Gasteiger partial charge >= 0.3 is 0 Å². The van der Waals surface area contributed by atoms with Crippen LogP contribution >= 0.6 is 0 Å². The summed E-state index contributed by atoms with van der Waals surface area (Å²) in [6.45, 7) is 0.234. The molecule has 7 heteroatoms. The predicted octanol–water partition coefficient (Wildman–Crippen LogP) is 6.98. The molecule has 6 aromatic rings. The van der Waals surface area contributed by atoms with Gasteiger partial charge in [0.2, 0.25) is 0 Å². The fraction of sp³-hybridized carbons (Fsp3) is 0.195. The fourth-order valence-corrected chi connectivity index (χ4v) is 6.00. The van der Waals surface area contributed by atoms with Gasteiger partial charge in [-0.25, -0.2) is 4.98 Å². The van der Waals surface area contributed by atoms with E-state index >= 15 is 0 Å². The van der Waals surface area contributed by atoms with Gasteiger partial charge < -0.3 is 29.4 Å². The third-order valence-corrected chi connectivity index (χ3v) is 8.42. The second-order valence-corrected chi connectivity index (χ2v) is 11.6. The molecule has 0 saturated heterocycles. The maximum atomic E-state index is 12.0. The molecule has 1 aromatic heterocycles. The zero-order valence-electron chi connectivity index (χ0n) is 26.6. The van der Waals surface area contributed by atoms with Crippen LogP contribution in [-0.2, 0) is 33.0 Å². The van der Waals surface area contributed by atoms with Crippen LogP contribution in [-0.4, -0.2) is 45.1 Å². The number of nitrogens with one attached hydrogen (secondary N) is 1. The van der Waals surface area contributed by atoms with Crippen molar-refractivity contribution in [2.75, 3.05) is 6.61 Å². The molecule has 0 aliphatic rings. The standard InChI is InChI=1S/C41H40N2O5/c44-37(29-48-41(33-20-10-3-11-21-33,34-22-12-4-13-23-34)35-24-14-5-15-25-35)40(47-28-32-18-8-2-9-19-32)38(45)39(36-26-42-30-43-36)46-27-31-16-6-1-7-17-31/h1-26,30,37-40,44-45H,27-29H2,(H,42,43)/t37-,38+,39-,40+/m0/s1. The molecule has 3 N–H and O–H groups in total. The monoisotopic (exact) mass is 640 g/mol.